The molecule has 0 spiro atoms. The van der Waals surface area contributed by atoms with Gasteiger partial charge in [-0.1, -0.05) is 0 Å². The molecular weight excluding hydrogens is 182 g/mol. The van der Waals surface area contributed by atoms with Crippen LogP contribution < -0.4 is 5.73 Å². The van der Waals surface area contributed by atoms with Crippen LogP contribution in [0.25, 0.3) is 0 Å². The average Bonchev–Trinajstić information content (AvgIpc) is 2.72. The number of rotatable bonds is 2. The van der Waals surface area contributed by atoms with Gasteiger partial charge >= 0.3 is 0 Å². The normalized spacial score (nSPS) is 24.9. The second kappa shape index (κ2) is 3.72. The number of nitrogens with two attached hydrogens (primary N) is 1. The van der Waals surface area contributed by atoms with Gasteiger partial charge < -0.3 is 5.73 Å². The number of hydrogen-bond donors (Lipinski definition) is 1. The molecule has 0 aromatic carbocycles. The smallest absolute Gasteiger partial charge is 0.0537 e. The predicted octanol–water partition coefficient (Wildman–Crippen LogP) is 1.32. The summed E-state index contributed by atoms with van der Waals surface area (Å²) in [5.74, 6) is 1.26. The van der Waals surface area contributed by atoms with Crippen molar-refractivity contribution in [2.45, 2.75) is 24.1 Å². The first kappa shape index (κ1) is 9.09. The highest BCUT2D eigenvalue weighted by atomic mass is 32.2. The first-order valence-electron chi connectivity index (χ1n) is 4.63. The zero-order valence-electron chi connectivity index (χ0n) is 7.81. The number of aromatic nitrogens is 2. The van der Waals surface area contributed by atoms with Crippen LogP contribution in [-0.4, -0.2) is 20.8 Å². The zero-order valence-corrected chi connectivity index (χ0v) is 8.63. The molecular formula is C9H15N3S. The molecule has 0 bridgehead atoms. The lowest BCUT2D eigenvalue weighted by Crippen LogP contribution is -2.21. The Morgan fingerprint density at radius 3 is 3.15 bits per heavy atom. The van der Waals surface area contributed by atoms with Crippen LogP contribution in [-0.2, 0) is 7.05 Å². The van der Waals surface area contributed by atoms with Crippen LogP contribution in [0, 0.1) is 0 Å². The van der Waals surface area contributed by atoms with E-state index in [1.807, 2.05) is 35.9 Å². The van der Waals surface area contributed by atoms with Crippen LogP contribution in [0.1, 0.15) is 24.4 Å². The molecule has 0 saturated carbocycles. The summed E-state index contributed by atoms with van der Waals surface area (Å²) in [7, 11) is 1.93. The maximum absolute atomic E-state index is 6.14. The maximum atomic E-state index is 6.14. The lowest BCUT2D eigenvalue weighted by molar-refractivity contribution is 0.644. The minimum Gasteiger partial charge on any atom is -0.323 e. The second-order valence-corrected chi connectivity index (χ2v) is 4.87. The fourth-order valence-electron chi connectivity index (χ4n) is 1.71. The van der Waals surface area contributed by atoms with Gasteiger partial charge in [-0.3, -0.25) is 4.68 Å². The van der Waals surface area contributed by atoms with Crippen molar-refractivity contribution in [2.75, 3.05) is 5.75 Å². The number of hydrogen-bond acceptors (Lipinski definition) is 3. The summed E-state index contributed by atoms with van der Waals surface area (Å²) in [5, 5.41) is 4.74. The standard InChI is InChI=1S/C9H15N3S/c1-12-6-7(5-11-12)9(10)8-3-2-4-13-8/h5-6,8-9H,2-4,10H2,1H3. The van der Waals surface area contributed by atoms with Crippen molar-refractivity contribution < 1.29 is 0 Å². The Kier molecular flexibility index (Phi) is 2.60. The third kappa shape index (κ3) is 1.89. The Labute approximate surface area is 82.7 Å². The molecule has 2 unspecified atom stereocenters. The van der Waals surface area contributed by atoms with Crippen LogP contribution in [0.2, 0.25) is 0 Å². The summed E-state index contributed by atoms with van der Waals surface area (Å²) in [4.78, 5) is 0. The molecule has 72 valence electrons. The van der Waals surface area contributed by atoms with E-state index < -0.39 is 0 Å². The topological polar surface area (TPSA) is 43.8 Å². The summed E-state index contributed by atoms with van der Waals surface area (Å²) in [6.07, 6.45) is 6.46. The Morgan fingerprint density at radius 1 is 1.77 bits per heavy atom. The minimum atomic E-state index is 0.168. The first-order chi connectivity index (χ1) is 6.27. The van der Waals surface area contributed by atoms with Crippen LogP contribution in [0.3, 0.4) is 0 Å². The van der Waals surface area contributed by atoms with E-state index in [2.05, 4.69) is 5.10 Å². The van der Waals surface area contributed by atoms with Crippen molar-refractivity contribution >= 4 is 11.8 Å². The zero-order chi connectivity index (χ0) is 9.26. The molecule has 3 nitrogen and oxygen atoms in total. The summed E-state index contributed by atoms with van der Waals surface area (Å²) in [6, 6.07) is 0.168. The van der Waals surface area contributed by atoms with Crippen molar-refractivity contribution in [2.24, 2.45) is 12.8 Å². The summed E-state index contributed by atoms with van der Waals surface area (Å²) in [6.45, 7) is 0. The maximum Gasteiger partial charge on any atom is 0.0537 e. The third-order valence-corrected chi connectivity index (χ3v) is 3.96. The van der Waals surface area contributed by atoms with Crippen molar-refractivity contribution in [1.82, 2.24) is 9.78 Å². The van der Waals surface area contributed by atoms with Gasteiger partial charge in [0.05, 0.1) is 6.20 Å². The van der Waals surface area contributed by atoms with Gasteiger partial charge in [-0.2, -0.15) is 16.9 Å². The molecule has 0 radical (unpaired) electrons. The van der Waals surface area contributed by atoms with E-state index in [0.717, 1.165) is 0 Å². The van der Waals surface area contributed by atoms with E-state index in [1.54, 1.807) is 0 Å². The average molecular weight is 197 g/mol. The van der Waals surface area contributed by atoms with Crippen molar-refractivity contribution in [3.8, 4) is 0 Å². The highest BCUT2D eigenvalue weighted by Crippen LogP contribution is 2.34. The molecule has 2 rings (SSSR count). The Bertz CT molecular complexity index is 278. The molecule has 1 saturated heterocycles. The molecule has 4 heteroatoms. The predicted molar refractivity (Wildman–Crippen MR) is 55.6 cm³/mol. The van der Waals surface area contributed by atoms with Crippen LogP contribution in [0.4, 0.5) is 0 Å². The first-order valence-corrected chi connectivity index (χ1v) is 5.68. The monoisotopic (exact) mass is 197 g/mol. The van der Waals surface area contributed by atoms with Crippen LogP contribution in [0.15, 0.2) is 12.4 Å². The van der Waals surface area contributed by atoms with Gasteiger partial charge in [0, 0.05) is 30.1 Å². The molecule has 1 fully saturated rings. The van der Waals surface area contributed by atoms with Crippen molar-refractivity contribution in [3.05, 3.63) is 18.0 Å². The lowest BCUT2D eigenvalue weighted by atomic mass is 10.1. The molecule has 1 aliphatic heterocycles. The fraction of sp³-hybridized carbons (Fsp3) is 0.667. The van der Waals surface area contributed by atoms with Gasteiger partial charge in [-0.05, 0) is 18.6 Å². The quantitative estimate of drug-likeness (QED) is 0.777. The largest absolute Gasteiger partial charge is 0.323 e. The SMILES string of the molecule is Cn1cc(C(N)C2CCCS2)cn1. The van der Waals surface area contributed by atoms with Gasteiger partial charge in [0.1, 0.15) is 0 Å². The number of aryl methyl sites for hydroxylation is 1. The van der Waals surface area contributed by atoms with Gasteiger partial charge in [0.25, 0.3) is 0 Å². The van der Waals surface area contributed by atoms with Gasteiger partial charge in [0.2, 0.25) is 0 Å². The van der Waals surface area contributed by atoms with Crippen molar-refractivity contribution in [1.29, 1.82) is 0 Å². The summed E-state index contributed by atoms with van der Waals surface area (Å²) in [5.41, 5.74) is 7.31. The summed E-state index contributed by atoms with van der Waals surface area (Å²) >= 11 is 1.99. The molecule has 2 atom stereocenters. The summed E-state index contributed by atoms with van der Waals surface area (Å²) < 4.78 is 1.81. The van der Waals surface area contributed by atoms with E-state index in [0.29, 0.717) is 5.25 Å². The molecule has 13 heavy (non-hydrogen) atoms. The van der Waals surface area contributed by atoms with Gasteiger partial charge in [-0.15, -0.1) is 0 Å². The van der Waals surface area contributed by atoms with Crippen LogP contribution >= 0.6 is 11.8 Å². The number of thioether (sulfide) groups is 1. The molecule has 1 aromatic rings. The molecule has 0 amide bonds. The molecule has 2 N–H and O–H groups in total. The second-order valence-electron chi connectivity index (χ2n) is 3.52. The molecule has 0 aliphatic carbocycles. The Balaban J connectivity index is 2.07. The van der Waals surface area contributed by atoms with Crippen molar-refractivity contribution in [3.63, 3.8) is 0 Å². The van der Waals surface area contributed by atoms with Crippen LogP contribution in [0.5, 0.6) is 0 Å². The van der Waals surface area contributed by atoms with E-state index in [9.17, 15) is 0 Å². The van der Waals surface area contributed by atoms with E-state index in [1.165, 1.54) is 24.2 Å². The fourth-order valence-corrected chi connectivity index (χ4v) is 3.05. The van der Waals surface area contributed by atoms with E-state index in [4.69, 9.17) is 5.73 Å². The Hall–Kier alpha value is -0.480. The van der Waals surface area contributed by atoms with Gasteiger partial charge in [0.15, 0.2) is 0 Å². The molecule has 1 aliphatic rings. The number of nitrogens with zero attached hydrogens (tertiary/aromatic N) is 2. The molecule has 2 heterocycles. The van der Waals surface area contributed by atoms with Gasteiger partial charge in [-0.25, -0.2) is 0 Å². The minimum absolute atomic E-state index is 0.168. The lowest BCUT2D eigenvalue weighted by Gasteiger charge is -2.15. The molecule has 1 aromatic heterocycles. The highest BCUT2D eigenvalue weighted by Gasteiger charge is 2.24. The third-order valence-electron chi connectivity index (χ3n) is 2.48. The van der Waals surface area contributed by atoms with E-state index >= 15 is 0 Å². The van der Waals surface area contributed by atoms with E-state index in [-0.39, 0.29) is 6.04 Å². The highest BCUT2D eigenvalue weighted by molar-refractivity contribution is 8.00. The Morgan fingerprint density at radius 2 is 2.62 bits per heavy atom.